The molecule has 3 amide bonds. The minimum Gasteiger partial charge on any atom is -0.465 e. The fourth-order valence-electron chi connectivity index (χ4n) is 6.20. The third-order valence-corrected chi connectivity index (χ3v) is 8.71. The van der Waals surface area contributed by atoms with Crippen molar-refractivity contribution in [1.29, 1.82) is 0 Å². The molecule has 11 heteroatoms. The van der Waals surface area contributed by atoms with Gasteiger partial charge in [-0.05, 0) is 60.2 Å². The van der Waals surface area contributed by atoms with Gasteiger partial charge in [0.25, 0.3) is 0 Å². The van der Waals surface area contributed by atoms with Crippen molar-refractivity contribution < 1.29 is 33.4 Å². The van der Waals surface area contributed by atoms with Gasteiger partial charge in [-0.25, -0.2) is 14.0 Å². The predicted molar refractivity (Wildman–Crippen MR) is 179 cm³/mol. The molecule has 1 aliphatic rings. The number of hydrogen-bond acceptors (Lipinski definition) is 6. The number of para-hydroxylation sites is 1. The molecule has 0 bridgehead atoms. The third kappa shape index (κ3) is 8.36. The maximum absolute atomic E-state index is 13.9. The lowest BCUT2D eigenvalue weighted by Gasteiger charge is -2.41. The van der Waals surface area contributed by atoms with Gasteiger partial charge in [0.15, 0.2) is 5.60 Å². The number of anilines is 1. The zero-order chi connectivity index (χ0) is 34.1. The van der Waals surface area contributed by atoms with Gasteiger partial charge in [-0.3, -0.25) is 4.79 Å². The SMILES string of the molecule is CC(OC(N)=O)(c1ccc(F)cc1)[C@@H]1CO[C@H](CCc2ccccc2NC(=O)[C@@H](NC(=O)O)C(c2ccccc2)c2ccccc2)CN1. The van der Waals surface area contributed by atoms with E-state index in [-0.39, 0.29) is 12.7 Å². The summed E-state index contributed by atoms with van der Waals surface area (Å²) in [7, 11) is 0. The first-order valence-corrected chi connectivity index (χ1v) is 15.7. The quantitative estimate of drug-likeness (QED) is 0.135. The summed E-state index contributed by atoms with van der Waals surface area (Å²) in [6.07, 6.45) is -1.30. The smallest absolute Gasteiger partial charge is 0.405 e. The Balaban J connectivity index is 1.27. The van der Waals surface area contributed by atoms with Crippen LogP contribution in [0, 0.1) is 5.82 Å². The number of morpholine rings is 1. The first-order valence-electron chi connectivity index (χ1n) is 15.7. The number of benzene rings is 4. The lowest BCUT2D eigenvalue weighted by molar-refractivity contribution is -0.118. The van der Waals surface area contributed by atoms with Gasteiger partial charge in [0.1, 0.15) is 11.9 Å². The van der Waals surface area contributed by atoms with Gasteiger partial charge in [-0.15, -0.1) is 0 Å². The molecule has 4 aromatic carbocycles. The van der Waals surface area contributed by atoms with Crippen LogP contribution in [0.5, 0.6) is 0 Å². The van der Waals surface area contributed by atoms with E-state index in [1.165, 1.54) is 12.1 Å². The zero-order valence-electron chi connectivity index (χ0n) is 26.5. The van der Waals surface area contributed by atoms with Crippen molar-refractivity contribution in [2.75, 3.05) is 18.5 Å². The fraction of sp³-hybridized carbons (Fsp3) is 0.270. The largest absolute Gasteiger partial charge is 0.465 e. The average Bonchev–Trinajstić information content (AvgIpc) is 3.08. The second kappa shape index (κ2) is 15.6. The zero-order valence-corrected chi connectivity index (χ0v) is 26.5. The van der Waals surface area contributed by atoms with Crippen LogP contribution in [0.4, 0.5) is 19.7 Å². The van der Waals surface area contributed by atoms with Gasteiger partial charge < -0.3 is 36.3 Å². The van der Waals surface area contributed by atoms with Gasteiger partial charge in [-0.2, -0.15) is 0 Å². The number of carbonyl (C=O) groups excluding carboxylic acids is 2. The fourth-order valence-corrected chi connectivity index (χ4v) is 6.20. The Labute approximate surface area is 278 Å². The summed E-state index contributed by atoms with van der Waals surface area (Å²) in [5.41, 5.74) is 7.78. The normalized spacial score (nSPS) is 17.9. The summed E-state index contributed by atoms with van der Waals surface area (Å²) in [5.74, 6) is -1.48. The molecule has 250 valence electrons. The van der Waals surface area contributed by atoms with E-state index in [9.17, 15) is 23.9 Å². The number of carboxylic acid groups (broad SMARTS) is 1. The molecular weight excluding hydrogens is 615 g/mol. The molecule has 1 fully saturated rings. The van der Waals surface area contributed by atoms with Crippen molar-refractivity contribution in [2.45, 2.75) is 49.5 Å². The Bertz CT molecular complexity index is 1640. The first kappa shape index (κ1) is 34.1. The van der Waals surface area contributed by atoms with Crippen LogP contribution in [0.15, 0.2) is 109 Å². The Kier molecular flexibility index (Phi) is 11.0. The topological polar surface area (TPSA) is 152 Å². The lowest BCUT2D eigenvalue weighted by Crippen LogP contribution is -2.58. The maximum atomic E-state index is 13.9. The second-order valence-corrected chi connectivity index (χ2v) is 11.9. The molecule has 48 heavy (non-hydrogen) atoms. The van der Waals surface area contributed by atoms with Gasteiger partial charge in [0.05, 0.1) is 18.8 Å². The van der Waals surface area contributed by atoms with E-state index >= 15 is 0 Å². The van der Waals surface area contributed by atoms with E-state index in [0.717, 1.165) is 16.7 Å². The highest BCUT2D eigenvalue weighted by atomic mass is 19.1. The highest BCUT2D eigenvalue weighted by molar-refractivity contribution is 5.98. The Hall–Kier alpha value is -5.26. The van der Waals surface area contributed by atoms with Crippen molar-refractivity contribution in [1.82, 2.24) is 10.6 Å². The highest BCUT2D eigenvalue weighted by Gasteiger charge is 2.42. The molecule has 6 N–H and O–H groups in total. The van der Waals surface area contributed by atoms with Crippen molar-refractivity contribution >= 4 is 23.8 Å². The number of aryl methyl sites for hydroxylation is 1. The molecule has 0 radical (unpaired) electrons. The Morgan fingerprint density at radius 1 is 0.958 bits per heavy atom. The summed E-state index contributed by atoms with van der Waals surface area (Å²) in [6, 6.07) is 30.2. The highest BCUT2D eigenvalue weighted by Crippen LogP contribution is 2.33. The third-order valence-electron chi connectivity index (χ3n) is 8.71. The number of halogens is 1. The van der Waals surface area contributed by atoms with E-state index in [0.29, 0.717) is 30.6 Å². The lowest BCUT2D eigenvalue weighted by atomic mass is 9.84. The molecule has 10 nitrogen and oxygen atoms in total. The van der Waals surface area contributed by atoms with E-state index < -0.39 is 47.5 Å². The van der Waals surface area contributed by atoms with Crippen LogP contribution in [-0.2, 0) is 26.3 Å². The monoisotopic (exact) mass is 654 g/mol. The molecule has 1 unspecified atom stereocenters. The van der Waals surface area contributed by atoms with E-state index in [1.54, 1.807) is 25.1 Å². The van der Waals surface area contributed by atoms with E-state index in [4.69, 9.17) is 15.2 Å². The summed E-state index contributed by atoms with van der Waals surface area (Å²) >= 11 is 0. The molecule has 1 saturated heterocycles. The molecule has 1 aliphatic heterocycles. The van der Waals surface area contributed by atoms with Crippen LogP contribution in [0.25, 0.3) is 0 Å². The number of amides is 3. The molecule has 4 aromatic rings. The van der Waals surface area contributed by atoms with Crippen LogP contribution < -0.4 is 21.7 Å². The summed E-state index contributed by atoms with van der Waals surface area (Å²) in [6.45, 7) is 2.35. The van der Waals surface area contributed by atoms with E-state index in [2.05, 4.69) is 16.0 Å². The van der Waals surface area contributed by atoms with Crippen LogP contribution in [0.1, 0.15) is 41.5 Å². The minimum atomic E-state index is -1.31. The first-order chi connectivity index (χ1) is 23.1. The summed E-state index contributed by atoms with van der Waals surface area (Å²) in [5, 5.41) is 18.6. The number of primary amides is 1. The molecule has 5 rings (SSSR count). The summed E-state index contributed by atoms with van der Waals surface area (Å²) in [4.78, 5) is 37.7. The number of nitrogens with one attached hydrogen (secondary N) is 3. The molecule has 0 aliphatic carbocycles. The van der Waals surface area contributed by atoms with Gasteiger partial charge in [0.2, 0.25) is 5.91 Å². The van der Waals surface area contributed by atoms with Gasteiger partial charge >= 0.3 is 12.2 Å². The predicted octanol–water partition coefficient (Wildman–Crippen LogP) is 5.53. The van der Waals surface area contributed by atoms with Crippen molar-refractivity contribution in [2.24, 2.45) is 5.73 Å². The molecule has 0 aromatic heterocycles. The molecule has 4 atom stereocenters. The van der Waals surface area contributed by atoms with Crippen molar-refractivity contribution in [3.05, 3.63) is 137 Å². The number of hydrogen-bond donors (Lipinski definition) is 5. The van der Waals surface area contributed by atoms with Crippen LogP contribution >= 0.6 is 0 Å². The standard InChI is InChI=1S/C37H39FN4O6/c1-37(48-35(39)44,27-17-19-28(38)20-18-27)31-23-47-29(22-40-31)21-16-24-10-8-9-15-30(24)41-34(43)33(42-36(45)46)32(25-11-4-2-5-12-25)26-13-6-3-7-14-26/h2-15,17-20,29,31-33,40,42H,16,21-23H2,1H3,(H2,39,44)(H,41,43)(H,45,46)/t29-,31+,33+,37?/m1/s1. The van der Waals surface area contributed by atoms with Crippen LogP contribution in [0.3, 0.4) is 0 Å². The van der Waals surface area contributed by atoms with Crippen molar-refractivity contribution in [3.63, 3.8) is 0 Å². The molecular formula is C37H39FN4O6. The van der Waals surface area contributed by atoms with Crippen LogP contribution in [0.2, 0.25) is 0 Å². The summed E-state index contributed by atoms with van der Waals surface area (Å²) < 4.78 is 25.3. The number of ether oxygens (including phenoxy) is 2. The Morgan fingerprint density at radius 3 is 2.12 bits per heavy atom. The Morgan fingerprint density at radius 2 is 1.56 bits per heavy atom. The minimum absolute atomic E-state index is 0.196. The molecule has 1 heterocycles. The molecule has 0 saturated carbocycles. The molecule has 0 spiro atoms. The van der Waals surface area contributed by atoms with Crippen molar-refractivity contribution in [3.8, 4) is 0 Å². The van der Waals surface area contributed by atoms with E-state index in [1.807, 2.05) is 78.9 Å². The average molecular weight is 655 g/mol. The number of carbonyl (C=O) groups is 3. The number of rotatable bonds is 12. The maximum Gasteiger partial charge on any atom is 0.405 e. The van der Waals surface area contributed by atoms with Crippen LogP contribution in [-0.4, -0.2) is 54.5 Å². The second-order valence-electron chi connectivity index (χ2n) is 11.9. The van der Waals surface area contributed by atoms with Gasteiger partial charge in [-0.1, -0.05) is 91.0 Å². The van der Waals surface area contributed by atoms with Gasteiger partial charge in [0, 0.05) is 18.2 Å². The number of nitrogens with two attached hydrogens (primary N) is 1.